The van der Waals surface area contributed by atoms with Crippen LogP contribution in [0.5, 0.6) is 5.75 Å². The van der Waals surface area contributed by atoms with Gasteiger partial charge in [-0.3, -0.25) is 14.5 Å². The summed E-state index contributed by atoms with van der Waals surface area (Å²) < 4.78 is 5.27. The molecule has 0 saturated heterocycles. The lowest BCUT2D eigenvalue weighted by Gasteiger charge is -2.23. The predicted octanol–water partition coefficient (Wildman–Crippen LogP) is 2.11. The molecular weight excluding hydrogens is 268 g/mol. The summed E-state index contributed by atoms with van der Waals surface area (Å²) in [5.74, 6) is 0.283. The third kappa shape index (κ3) is 3.97. The van der Waals surface area contributed by atoms with Crippen molar-refractivity contribution >= 4 is 17.5 Å². The quantitative estimate of drug-likeness (QED) is 0.903. The van der Waals surface area contributed by atoms with Crippen LogP contribution in [-0.2, 0) is 9.59 Å². The minimum Gasteiger partial charge on any atom is -0.495 e. The highest BCUT2D eigenvalue weighted by atomic mass is 16.5. The number of hydrogen-bond donors (Lipinski definition) is 1. The highest BCUT2D eigenvalue weighted by Gasteiger charge is 2.22. The first-order chi connectivity index (χ1) is 10.1. The number of carbonyl (C=O) groups excluding carboxylic acids is 2. The van der Waals surface area contributed by atoms with Crippen LogP contribution in [0.1, 0.15) is 32.6 Å². The Hall–Kier alpha value is -2.04. The summed E-state index contributed by atoms with van der Waals surface area (Å²) in [6, 6.07) is 7.47. The van der Waals surface area contributed by atoms with E-state index < -0.39 is 0 Å². The van der Waals surface area contributed by atoms with Crippen molar-refractivity contribution in [3.8, 4) is 5.75 Å². The molecule has 1 aliphatic carbocycles. The van der Waals surface area contributed by atoms with E-state index in [1.54, 1.807) is 19.2 Å². The monoisotopic (exact) mass is 290 g/mol. The van der Waals surface area contributed by atoms with Gasteiger partial charge in [0.25, 0.3) is 0 Å². The maximum Gasteiger partial charge on any atom is 0.240 e. The lowest BCUT2D eigenvalue weighted by Crippen LogP contribution is -2.43. The van der Waals surface area contributed by atoms with Gasteiger partial charge in [-0.25, -0.2) is 0 Å². The molecule has 0 unspecified atom stereocenters. The lowest BCUT2D eigenvalue weighted by molar-refractivity contribution is -0.123. The minimum atomic E-state index is -0.180. The number of hydrogen-bond acceptors (Lipinski definition) is 3. The van der Waals surface area contributed by atoms with Crippen LogP contribution in [0, 0.1) is 0 Å². The van der Waals surface area contributed by atoms with E-state index in [9.17, 15) is 9.59 Å². The largest absolute Gasteiger partial charge is 0.495 e. The lowest BCUT2D eigenvalue weighted by atomic mass is 10.2. The Morgan fingerprint density at radius 1 is 1.29 bits per heavy atom. The Morgan fingerprint density at radius 2 is 1.95 bits per heavy atom. The highest BCUT2D eigenvalue weighted by Crippen LogP contribution is 2.27. The maximum absolute atomic E-state index is 12.1. The Labute approximate surface area is 125 Å². The average molecular weight is 290 g/mol. The van der Waals surface area contributed by atoms with Crippen molar-refractivity contribution in [2.75, 3.05) is 18.6 Å². The number of rotatable bonds is 5. The molecule has 1 saturated carbocycles. The second-order valence-corrected chi connectivity index (χ2v) is 5.33. The Balaban J connectivity index is 2.08. The van der Waals surface area contributed by atoms with Gasteiger partial charge in [0.05, 0.1) is 12.8 Å². The number of amides is 2. The molecule has 2 rings (SSSR count). The normalized spacial score (nSPS) is 14.8. The molecule has 5 nitrogen and oxygen atoms in total. The SMILES string of the molecule is COc1ccccc1N(CC(=O)NC1CCCC1)C(C)=O. The van der Waals surface area contributed by atoms with Crippen LogP contribution in [0.25, 0.3) is 0 Å². The van der Waals surface area contributed by atoms with Crippen LogP contribution < -0.4 is 15.0 Å². The van der Waals surface area contributed by atoms with Gasteiger partial charge in [-0.05, 0) is 25.0 Å². The molecule has 0 bridgehead atoms. The number of benzene rings is 1. The van der Waals surface area contributed by atoms with E-state index in [0.717, 1.165) is 25.7 Å². The second kappa shape index (κ2) is 7.11. The summed E-state index contributed by atoms with van der Waals surface area (Å²) in [6.07, 6.45) is 4.38. The zero-order chi connectivity index (χ0) is 15.2. The first-order valence-electron chi connectivity index (χ1n) is 7.32. The molecule has 0 spiro atoms. The summed E-state index contributed by atoms with van der Waals surface area (Å²) in [5.41, 5.74) is 0.620. The van der Waals surface area contributed by atoms with Crippen molar-refractivity contribution in [1.29, 1.82) is 0 Å². The molecule has 1 N–H and O–H groups in total. The first kappa shape index (κ1) is 15.4. The zero-order valence-corrected chi connectivity index (χ0v) is 12.6. The fraction of sp³-hybridized carbons (Fsp3) is 0.500. The van der Waals surface area contributed by atoms with Gasteiger partial charge in [0.15, 0.2) is 0 Å². The summed E-state index contributed by atoms with van der Waals surface area (Å²) in [5, 5.41) is 3.00. The molecular formula is C16H22N2O3. The van der Waals surface area contributed by atoms with Crippen LogP contribution in [-0.4, -0.2) is 31.5 Å². The van der Waals surface area contributed by atoms with Crippen molar-refractivity contribution in [1.82, 2.24) is 5.32 Å². The van der Waals surface area contributed by atoms with Crippen LogP contribution in [0.15, 0.2) is 24.3 Å². The molecule has 0 heterocycles. The van der Waals surface area contributed by atoms with E-state index in [1.807, 2.05) is 12.1 Å². The van der Waals surface area contributed by atoms with Gasteiger partial charge in [0.1, 0.15) is 12.3 Å². The fourth-order valence-electron chi connectivity index (χ4n) is 2.71. The third-order valence-electron chi connectivity index (χ3n) is 3.78. The van der Waals surface area contributed by atoms with E-state index >= 15 is 0 Å². The molecule has 1 aliphatic rings. The summed E-state index contributed by atoms with van der Waals surface area (Å²) in [4.78, 5) is 25.5. The van der Waals surface area contributed by atoms with E-state index in [0.29, 0.717) is 11.4 Å². The van der Waals surface area contributed by atoms with Crippen molar-refractivity contribution in [2.24, 2.45) is 0 Å². The molecule has 1 aromatic carbocycles. The molecule has 0 aliphatic heterocycles. The fourth-order valence-corrected chi connectivity index (χ4v) is 2.71. The number of methoxy groups -OCH3 is 1. The van der Waals surface area contributed by atoms with E-state index in [-0.39, 0.29) is 24.4 Å². The molecule has 5 heteroatoms. The minimum absolute atomic E-state index is 0.0200. The summed E-state index contributed by atoms with van der Waals surface area (Å²) >= 11 is 0. The van der Waals surface area contributed by atoms with Gasteiger partial charge in [-0.1, -0.05) is 25.0 Å². The smallest absolute Gasteiger partial charge is 0.240 e. The van der Waals surface area contributed by atoms with Crippen LogP contribution in [0.4, 0.5) is 5.69 Å². The molecule has 0 aromatic heterocycles. The molecule has 2 amide bonds. The number of carbonyl (C=O) groups is 2. The summed E-state index contributed by atoms with van der Waals surface area (Å²) in [6.45, 7) is 1.47. The molecule has 1 aromatic rings. The number of nitrogens with one attached hydrogen (secondary N) is 1. The molecule has 21 heavy (non-hydrogen) atoms. The van der Waals surface area contributed by atoms with Crippen LogP contribution in [0.3, 0.4) is 0 Å². The Morgan fingerprint density at radius 3 is 2.57 bits per heavy atom. The van der Waals surface area contributed by atoms with Gasteiger partial charge in [0, 0.05) is 13.0 Å². The second-order valence-electron chi connectivity index (χ2n) is 5.33. The van der Waals surface area contributed by atoms with Crippen molar-refractivity contribution in [3.05, 3.63) is 24.3 Å². The average Bonchev–Trinajstić information content (AvgIpc) is 2.97. The van der Waals surface area contributed by atoms with Gasteiger partial charge < -0.3 is 10.1 Å². The van der Waals surface area contributed by atoms with Crippen molar-refractivity contribution < 1.29 is 14.3 Å². The van der Waals surface area contributed by atoms with Gasteiger partial charge in [0.2, 0.25) is 11.8 Å². The third-order valence-corrected chi connectivity index (χ3v) is 3.78. The number of ether oxygens (including phenoxy) is 1. The molecule has 114 valence electrons. The van der Waals surface area contributed by atoms with Gasteiger partial charge in [-0.15, -0.1) is 0 Å². The van der Waals surface area contributed by atoms with Gasteiger partial charge in [-0.2, -0.15) is 0 Å². The maximum atomic E-state index is 12.1. The molecule has 0 atom stereocenters. The Bertz CT molecular complexity index is 510. The van der Waals surface area contributed by atoms with Crippen molar-refractivity contribution in [3.63, 3.8) is 0 Å². The highest BCUT2D eigenvalue weighted by molar-refractivity contribution is 5.98. The zero-order valence-electron chi connectivity index (χ0n) is 12.6. The van der Waals surface area contributed by atoms with Crippen LogP contribution >= 0.6 is 0 Å². The van der Waals surface area contributed by atoms with Crippen molar-refractivity contribution in [2.45, 2.75) is 38.6 Å². The number of para-hydroxylation sites is 2. The number of nitrogens with zero attached hydrogens (tertiary/aromatic N) is 1. The predicted molar refractivity (Wildman–Crippen MR) is 81.4 cm³/mol. The van der Waals surface area contributed by atoms with E-state index in [2.05, 4.69) is 5.32 Å². The van der Waals surface area contributed by atoms with Gasteiger partial charge >= 0.3 is 0 Å². The molecule has 1 fully saturated rings. The first-order valence-corrected chi connectivity index (χ1v) is 7.32. The number of anilines is 1. The van der Waals surface area contributed by atoms with E-state index in [1.165, 1.54) is 11.8 Å². The summed E-state index contributed by atoms with van der Waals surface area (Å²) in [7, 11) is 1.55. The Kier molecular flexibility index (Phi) is 5.20. The van der Waals surface area contributed by atoms with E-state index in [4.69, 9.17) is 4.74 Å². The topological polar surface area (TPSA) is 58.6 Å². The van der Waals surface area contributed by atoms with Crippen LogP contribution in [0.2, 0.25) is 0 Å². The standard InChI is InChI=1S/C16H22N2O3/c1-12(19)18(14-9-5-6-10-15(14)21-2)11-16(20)17-13-7-3-4-8-13/h5-6,9-10,13H,3-4,7-8,11H2,1-2H3,(H,17,20). The molecule has 0 radical (unpaired) electrons.